The van der Waals surface area contributed by atoms with Crippen molar-refractivity contribution in [1.82, 2.24) is 0 Å². The van der Waals surface area contributed by atoms with Gasteiger partial charge in [-0.1, -0.05) is 93.5 Å². The predicted molar refractivity (Wildman–Crippen MR) is 145 cm³/mol. The van der Waals surface area contributed by atoms with E-state index in [9.17, 15) is 4.79 Å². The average molecular weight is 608 g/mol. The van der Waals surface area contributed by atoms with Gasteiger partial charge in [0.25, 0.3) is 5.91 Å². The molecule has 35 heavy (non-hydrogen) atoms. The number of carbonyl (C=O) groups excluding carboxylic acids is 1. The lowest BCUT2D eigenvalue weighted by Crippen LogP contribution is -2.11. The van der Waals surface area contributed by atoms with Crippen LogP contribution in [0.2, 0.25) is 30.1 Å². The first-order valence-electron chi connectivity index (χ1n) is 9.81. The topological polar surface area (TPSA) is 51.5 Å². The molecule has 1 heterocycles. The molecule has 0 aliphatic carbocycles. The Hall–Kier alpha value is -1.70. The van der Waals surface area contributed by atoms with Crippen molar-refractivity contribution in [1.29, 1.82) is 0 Å². The number of rotatable bonds is 7. The number of hydrogen-bond donors (Lipinski definition) is 1. The molecule has 0 fully saturated rings. The molecule has 11 heteroatoms. The molecule has 0 atom stereocenters. The molecule has 0 bridgehead atoms. The van der Waals surface area contributed by atoms with Gasteiger partial charge < -0.3 is 14.5 Å². The summed E-state index contributed by atoms with van der Waals surface area (Å²) in [5.41, 5.74) is 0.635. The molecule has 180 valence electrons. The maximum absolute atomic E-state index is 12.8. The van der Waals surface area contributed by atoms with Crippen LogP contribution >= 0.6 is 81.4 Å². The average Bonchev–Trinajstić information content (AvgIpc) is 3.33. The number of benzene rings is 3. The molecule has 0 aliphatic heterocycles. The van der Waals surface area contributed by atoms with Crippen LogP contribution in [0.1, 0.15) is 16.3 Å². The van der Waals surface area contributed by atoms with Gasteiger partial charge in [0.05, 0.1) is 20.8 Å². The molecule has 3 aromatic carbocycles. The summed E-state index contributed by atoms with van der Waals surface area (Å²) in [5.74, 6) is 0.0879. The lowest BCUT2D eigenvalue weighted by molar-refractivity contribution is 0.0992. The van der Waals surface area contributed by atoms with Gasteiger partial charge in [-0.25, -0.2) is 0 Å². The van der Waals surface area contributed by atoms with Crippen molar-refractivity contribution in [3.05, 3.63) is 102 Å². The first kappa shape index (κ1) is 26.4. The molecule has 1 amide bonds. The molecule has 0 saturated heterocycles. The molecule has 1 aromatic heterocycles. The third-order valence-corrected chi connectivity index (χ3v) is 8.17. The number of furan rings is 1. The number of nitrogens with one attached hydrogen (secondary N) is 1. The van der Waals surface area contributed by atoms with Gasteiger partial charge in [-0.3, -0.25) is 4.79 Å². The van der Waals surface area contributed by atoms with Gasteiger partial charge in [-0.2, -0.15) is 0 Å². The summed E-state index contributed by atoms with van der Waals surface area (Å²) in [6.07, 6.45) is 0. The van der Waals surface area contributed by atoms with E-state index in [1.807, 2.05) is 42.5 Å². The van der Waals surface area contributed by atoms with Crippen molar-refractivity contribution in [2.75, 3.05) is 5.32 Å². The van der Waals surface area contributed by atoms with E-state index in [1.54, 1.807) is 12.1 Å². The van der Waals surface area contributed by atoms with Crippen LogP contribution in [0.4, 0.5) is 5.69 Å². The second-order valence-corrected chi connectivity index (χ2v) is 10.4. The fourth-order valence-corrected chi connectivity index (χ4v) is 5.16. The minimum atomic E-state index is -0.422. The number of halogens is 6. The van der Waals surface area contributed by atoms with Crippen molar-refractivity contribution in [2.45, 2.75) is 16.4 Å². The van der Waals surface area contributed by atoms with Crippen LogP contribution in [-0.2, 0) is 6.61 Å². The number of amides is 1. The zero-order valence-electron chi connectivity index (χ0n) is 17.4. The number of hydrogen-bond acceptors (Lipinski definition) is 4. The first-order valence-corrected chi connectivity index (χ1v) is 12.9. The predicted octanol–water partition coefficient (Wildman–Crippen LogP) is 10.2. The smallest absolute Gasteiger partial charge is 0.291 e. The number of ether oxygens (including phenoxy) is 1. The van der Waals surface area contributed by atoms with Gasteiger partial charge in [0.2, 0.25) is 0 Å². The lowest BCUT2D eigenvalue weighted by Gasteiger charge is -2.13. The van der Waals surface area contributed by atoms with Crippen LogP contribution in [-0.4, -0.2) is 5.91 Å². The Morgan fingerprint density at radius 2 is 1.43 bits per heavy atom. The van der Waals surface area contributed by atoms with Gasteiger partial charge in [-0.15, -0.1) is 0 Å². The Balaban J connectivity index is 1.45. The molecule has 0 spiro atoms. The van der Waals surface area contributed by atoms with Crippen molar-refractivity contribution >= 4 is 93.0 Å². The fourth-order valence-electron chi connectivity index (χ4n) is 2.90. The molecule has 4 aromatic rings. The number of anilines is 1. The zero-order chi connectivity index (χ0) is 25.1. The summed E-state index contributed by atoms with van der Waals surface area (Å²) < 4.78 is 11.3. The Kier molecular flexibility index (Phi) is 8.71. The molecule has 4 nitrogen and oxygen atoms in total. The van der Waals surface area contributed by atoms with E-state index >= 15 is 0 Å². The Bertz CT molecular complexity index is 1360. The molecule has 0 radical (unpaired) electrons. The first-order chi connectivity index (χ1) is 16.7. The van der Waals surface area contributed by atoms with Crippen LogP contribution in [0.15, 0.2) is 74.9 Å². The van der Waals surface area contributed by atoms with Crippen molar-refractivity contribution in [3.63, 3.8) is 0 Å². The van der Waals surface area contributed by atoms with Crippen molar-refractivity contribution < 1.29 is 13.9 Å². The summed E-state index contributed by atoms with van der Waals surface area (Å²) in [6.45, 7) is -0.0793. The summed E-state index contributed by atoms with van der Waals surface area (Å²) in [7, 11) is 0. The highest BCUT2D eigenvalue weighted by molar-refractivity contribution is 7.99. The van der Waals surface area contributed by atoms with Crippen LogP contribution in [0, 0.1) is 0 Å². The fraction of sp³-hybridized carbons (Fsp3) is 0.0417. The third kappa shape index (κ3) is 6.17. The van der Waals surface area contributed by atoms with E-state index in [1.165, 1.54) is 17.8 Å². The minimum absolute atomic E-state index is 0.0189. The molecular weight excluding hydrogens is 595 g/mol. The number of carbonyl (C=O) groups is 1. The Morgan fingerprint density at radius 1 is 0.800 bits per heavy atom. The van der Waals surface area contributed by atoms with E-state index < -0.39 is 5.91 Å². The summed E-state index contributed by atoms with van der Waals surface area (Å²) in [5, 5.41) is 3.63. The van der Waals surface area contributed by atoms with Crippen LogP contribution < -0.4 is 10.1 Å². The standard InChI is InChI=1S/C24H13Cl6NO3S/c25-12-5-8-14(9-6-12)35-17-4-2-1-3-15(17)31-24(32)16-10-7-13(34-16)11-33-23-21(29)19(27)18(26)20(28)22(23)30/h1-10H,11H2,(H,31,32). The number of para-hydroxylation sites is 1. The van der Waals surface area contributed by atoms with Crippen molar-refractivity contribution in [2.24, 2.45) is 0 Å². The highest BCUT2D eigenvalue weighted by Gasteiger charge is 2.21. The SMILES string of the molecule is O=C(Nc1ccccc1Sc1ccc(Cl)cc1)c1ccc(COc2c(Cl)c(Cl)c(Cl)c(Cl)c2Cl)o1. The van der Waals surface area contributed by atoms with Crippen LogP contribution in [0.3, 0.4) is 0 Å². The quantitative estimate of drug-likeness (QED) is 0.168. The van der Waals surface area contributed by atoms with E-state index in [4.69, 9.17) is 78.8 Å². The van der Waals surface area contributed by atoms with Crippen LogP contribution in [0.5, 0.6) is 5.75 Å². The van der Waals surface area contributed by atoms with E-state index in [-0.39, 0.29) is 43.2 Å². The van der Waals surface area contributed by atoms with Gasteiger partial charge >= 0.3 is 0 Å². The third-order valence-electron chi connectivity index (χ3n) is 4.59. The highest BCUT2D eigenvalue weighted by atomic mass is 35.5. The molecule has 1 N–H and O–H groups in total. The maximum atomic E-state index is 12.8. The second kappa shape index (κ2) is 11.6. The Morgan fingerprint density at radius 3 is 2.11 bits per heavy atom. The largest absolute Gasteiger partial charge is 0.482 e. The van der Waals surface area contributed by atoms with E-state index in [0.717, 1.165) is 9.79 Å². The Labute approximate surface area is 235 Å². The highest BCUT2D eigenvalue weighted by Crippen LogP contribution is 2.48. The molecule has 0 saturated carbocycles. The minimum Gasteiger partial charge on any atom is -0.482 e. The summed E-state index contributed by atoms with van der Waals surface area (Å²) in [4.78, 5) is 14.7. The molecular formula is C24H13Cl6NO3S. The zero-order valence-corrected chi connectivity index (χ0v) is 22.7. The lowest BCUT2D eigenvalue weighted by atomic mass is 10.3. The second-order valence-electron chi connectivity index (χ2n) is 6.96. The monoisotopic (exact) mass is 605 g/mol. The molecule has 0 unspecified atom stereocenters. The maximum Gasteiger partial charge on any atom is 0.291 e. The van der Waals surface area contributed by atoms with Gasteiger partial charge in [-0.05, 0) is 48.5 Å². The summed E-state index contributed by atoms with van der Waals surface area (Å²) in [6, 6.07) is 18.0. The summed E-state index contributed by atoms with van der Waals surface area (Å²) >= 11 is 37.9. The van der Waals surface area contributed by atoms with Crippen LogP contribution in [0.25, 0.3) is 0 Å². The molecule has 0 aliphatic rings. The van der Waals surface area contributed by atoms with E-state index in [0.29, 0.717) is 16.5 Å². The van der Waals surface area contributed by atoms with E-state index in [2.05, 4.69) is 5.32 Å². The van der Waals surface area contributed by atoms with Gasteiger partial charge in [0.15, 0.2) is 11.5 Å². The normalized spacial score (nSPS) is 10.9. The van der Waals surface area contributed by atoms with Gasteiger partial charge in [0, 0.05) is 14.8 Å². The van der Waals surface area contributed by atoms with Gasteiger partial charge in [0.1, 0.15) is 22.4 Å². The van der Waals surface area contributed by atoms with Crippen molar-refractivity contribution in [3.8, 4) is 5.75 Å². The molecule has 4 rings (SSSR count).